The smallest absolute Gasteiger partial charge is 0.00201 e. The van der Waals surface area contributed by atoms with Crippen molar-refractivity contribution in [3.8, 4) is 33.4 Å². The van der Waals surface area contributed by atoms with E-state index < -0.39 is 0 Å². The minimum absolute atomic E-state index is 1.24. The second-order valence-electron chi connectivity index (χ2n) is 12.8. The maximum atomic E-state index is 2.43. The van der Waals surface area contributed by atoms with Crippen LogP contribution in [0, 0.1) is 0 Å². The number of rotatable bonds is 3. The molecule has 0 unspecified atom stereocenters. The summed E-state index contributed by atoms with van der Waals surface area (Å²) in [6.45, 7) is 0. The fourth-order valence-electron chi connectivity index (χ4n) is 8.17. The molecule has 0 heterocycles. The van der Waals surface area contributed by atoms with Gasteiger partial charge in [-0.3, -0.25) is 0 Å². The molecule has 0 aromatic heterocycles. The average molecular weight is 607 g/mol. The van der Waals surface area contributed by atoms with E-state index in [1.54, 1.807) is 0 Å². The van der Waals surface area contributed by atoms with Crippen LogP contribution in [0.15, 0.2) is 182 Å². The fourth-order valence-corrected chi connectivity index (χ4v) is 8.17. The van der Waals surface area contributed by atoms with E-state index in [9.17, 15) is 0 Å². The molecule has 0 saturated heterocycles. The fraction of sp³-hybridized carbons (Fsp3) is 0. The zero-order valence-electron chi connectivity index (χ0n) is 26.3. The van der Waals surface area contributed by atoms with E-state index in [0.717, 1.165) is 0 Å². The highest BCUT2D eigenvalue weighted by Gasteiger charge is 2.20. The summed E-state index contributed by atoms with van der Waals surface area (Å²) >= 11 is 0. The van der Waals surface area contributed by atoms with Crippen LogP contribution in [0.4, 0.5) is 0 Å². The summed E-state index contributed by atoms with van der Waals surface area (Å²) in [6, 6.07) is 67.0. The van der Waals surface area contributed by atoms with Crippen LogP contribution in [0.2, 0.25) is 0 Å². The van der Waals surface area contributed by atoms with Crippen molar-refractivity contribution in [2.75, 3.05) is 0 Å². The molecule has 48 heavy (non-hydrogen) atoms. The Kier molecular flexibility index (Phi) is 5.98. The van der Waals surface area contributed by atoms with Crippen LogP contribution in [0.5, 0.6) is 0 Å². The number of benzene rings is 10. The van der Waals surface area contributed by atoms with Gasteiger partial charge in [0.15, 0.2) is 0 Å². The highest BCUT2D eigenvalue weighted by Crippen LogP contribution is 2.47. The van der Waals surface area contributed by atoms with E-state index in [4.69, 9.17) is 0 Å². The molecule has 0 radical (unpaired) electrons. The first kappa shape index (κ1) is 26.9. The van der Waals surface area contributed by atoms with Gasteiger partial charge in [-0.1, -0.05) is 176 Å². The maximum Gasteiger partial charge on any atom is -0.00201 e. The van der Waals surface area contributed by atoms with Gasteiger partial charge in [0.2, 0.25) is 0 Å². The lowest BCUT2D eigenvalue weighted by Gasteiger charge is -2.20. The second kappa shape index (κ2) is 10.7. The highest BCUT2D eigenvalue weighted by molar-refractivity contribution is 6.26. The topological polar surface area (TPSA) is 0 Å². The Morgan fingerprint density at radius 3 is 1.29 bits per heavy atom. The van der Waals surface area contributed by atoms with Crippen LogP contribution in [0.25, 0.3) is 98.0 Å². The van der Waals surface area contributed by atoms with Gasteiger partial charge in [0.05, 0.1) is 0 Å². The quantitative estimate of drug-likeness (QED) is 0.139. The van der Waals surface area contributed by atoms with Gasteiger partial charge in [-0.25, -0.2) is 0 Å². The van der Waals surface area contributed by atoms with Crippen LogP contribution in [0.3, 0.4) is 0 Å². The van der Waals surface area contributed by atoms with Gasteiger partial charge in [0.25, 0.3) is 0 Å². The number of fused-ring (bicyclic) bond motifs is 8. The molecule has 10 rings (SSSR count). The van der Waals surface area contributed by atoms with Gasteiger partial charge < -0.3 is 0 Å². The monoisotopic (exact) mass is 606 g/mol. The van der Waals surface area contributed by atoms with Crippen molar-refractivity contribution in [3.05, 3.63) is 182 Å². The number of hydrogen-bond acceptors (Lipinski definition) is 0. The van der Waals surface area contributed by atoms with Crippen molar-refractivity contribution in [1.82, 2.24) is 0 Å². The molecule has 0 amide bonds. The van der Waals surface area contributed by atoms with Crippen LogP contribution in [-0.2, 0) is 0 Å². The predicted molar refractivity (Wildman–Crippen MR) is 208 cm³/mol. The molecule has 0 spiro atoms. The average Bonchev–Trinajstić information content (AvgIpc) is 3.16. The number of hydrogen-bond donors (Lipinski definition) is 0. The molecular weight excluding hydrogens is 577 g/mol. The van der Waals surface area contributed by atoms with Crippen molar-refractivity contribution in [3.63, 3.8) is 0 Å². The standard InChI is InChI=1S/C48H30/c1-2-15-32(16-3-1)47-40-22-10-12-24-42(40)48(43-25-13-11-23-41(43)47)44-29-28-39(34-18-6-8-20-36(34)44)46-30-45-33-17-5-4-14-31(33)26-27-38(45)35-19-7-9-21-37(35)46/h1-30H. The van der Waals surface area contributed by atoms with Crippen LogP contribution in [0.1, 0.15) is 0 Å². The summed E-state index contributed by atoms with van der Waals surface area (Å²) in [6.07, 6.45) is 0. The summed E-state index contributed by atoms with van der Waals surface area (Å²) < 4.78 is 0. The lowest BCUT2D eigenvalue weighted by molar-refractivity contribution is 1.66. The highest BCUT2D eigenvalue weighted by atomic mass is 14.2. The SMILES string of the molecule is c1ccc(-c2c3ccccc3c(-c3ccc(-c4cc5c6ccccc6ccc5c5ccccc45)c4ccccc34)c3ccccc23)cc1. The van der Waals surface area contributed by atoms with E-state index in [1.165, 1.54) is 98.0 Å². The second-order valence-corrected chi connectivity index (χ2v) is 12.8. The van der Waals surface area contributed by atoms with E-state index in [1.807, 2.05) is 0 Å². The Morgan fingerprint density at radius 1 is 0.208 bits per heavy atom. The normalized spacial score (nSPS) is 11.8. The Morgan fingerprint density at radius 2 is 0.646 bits per heavy atom. The molecule has 0 aliphatic heterocycles. The Labute approximate surface area is 279 Å². The van der Waals surface area contributed by atoms with E-state index in [0.29, 0.717) is 0 Å². The molecular formula is C48H30. The Bertz CT molecular complexity index is 2820. The van der Waals surface area contributed by atoms with Gasteiger partial charge in [-0.2, -0.15) is 0 Å². The molecule has 0 aliphatic rings. The first-order valence-electron chi connectivity index (χ1n) is 16.7. The molecule has 0 saturated carbocycles. The summed E-state index contributed by atoms with van der Waals surface area (Å²) in [5, 5.41) is 15.3. The van der Waals surface area contributed by atoms with Gasteiger partial charge >= 0.3 is 0 Å². The van der Waals surface area contributed by atoms with E-state index in [-0.39, 0.29) is 0 Å². The van der Waals surface area contributed by atoms with Crippen molar-refractivity contribution < 1.29 is 0 Å². The molecule has 10 aromatic carbocycles. The lowest BCUT2D eigenvalue weighted by Crippen LogP contribution is -1.93. The van der Waals surface area contributed by atoms with Crippen molar-refractivity contribution in [1.29, 1.82) is 0 Å². The molecule has 0 aliphatic carbocycles. The molecule has 0 heteroatoms. The van der Waals surface area contributed by atoms with Gasteiger partial charge in [-0.15, -0.1) is 0 Å². The summed E-state index contributed by atoms with van der Waals surface area (Å²) in [5.74, 6) is 0. The third-order valence-electron chi connectivity index (χ3n) is 10.2. The lowest BCUT2D eigenvalue weighted by atomic mass is 9.83. The zero-order valence-corrected chi connectivity index (χ0v) is 26.3. The van der Waals surface area contributed by atoms with Crippen LogP contribution in [-0.4, -0.2) is 0 Å². The van der Waals surface area contributed by atoms with Gasteiger partial charge in [0.1, 0.15) is 0 Å². The van der Waals surface area contributed by atoms with E-state index in [2.05, 4.69) is 182 Å². The first-order chi connectivity index (χ1) is 23.8. The molecule has 0 N–H and O–H groups in total. The molecule has 222 valence electrons. The van der Waals surface area contributed by atoms with Crippen molar-refractivity contribution in [2.45, 2.75) is 0 Å². The molecule has 0 bridgehead atoms. The van der Waals surface area contributed by atoms with Crippen molar-refractivity contribution in [2.24, 2.45) is 0 Å². The van der Waals surface area contributed by atoms with E-state index >= 15 is 0 Å². The third-order valence-corrected chi connectivity index (χ3v) is 10.2. The van der Waals surface area contributed by atoms with Crippen molar-refractivity contribution >= 4 is 64.6 Å². The first-order valence-corrected chi connectivity index (χ1v) is 16.7. The minimum Gasteiger partial charge on any atom is -0.0622 e. The maximum absolute atomic E-state index is 2.43. The summed E-state index contributed by atoms with van der Waals surface area (Å²) in [4.78, 5) is 0. The van der Waals surface area contributed by atoms with Gasteiger partial charge in [0, 0.05) is 0 Å². The summed E-state index contributed by atoms with van der Waals surface area (Å²) in [5.41, 5.74) is 7.62. The largest absolute Gasteiger partial charge is 0.0622 e. The van der Waals surface area contributed by atoms with Crippen LogP contribution >= 0.6 is 0 Å². The zero-order chi connectivity index (χ0) is 31.6. The Hall–Kier alpha value is -6.24. The minimum atomic E-state index is 1.24. The Balaban J connectivity index is 1.31. The molecule has 0 atom stereocenters. The molecule has 0 fully saturated rings. The third kappa shape index (κ3) is 3.96. The molecule has 0 nitrogen and oxygen atoms in total. The molecule has 10 aromatic rings. The van der Waals surface area contributed by atoms with Crippen LogP contribution < -0.4 is 0 Å². The van der Waals surface area contributed by atoms with Gasteiger partial charge in [-0.05, 0) is 104 Å². The predicted octanol–water partition coefficient (Wildman–Crippen LogP) is 13.6. The summed E-state index contributed by atoms with van der Waals surface area (Å²) in [7, 11) is 0.